The zero-order chi connectivity index (χ0) is 20.4. The minimum atomic E-state index is -3.29. The Morgan fingerprint density at radius 2 is 1.75 bits per heavy atom. The number of carbonyl (C=O) groups is 1. The number of hydrogen-bond donors (Lipinski definition) is 2. The van der Waals surface area contributed by atoms with Gasteiger partial charge in [0, 0.05) is 37.1 Å². The van der Waals surface area contributed by atoms with Crippen LogP contribution >= 0.6 is 0 Å². The molecule has 0 fully saturated rings. The van der Waals surface area contributed by atoms with Crippen LogP contribution in [0.4, 0.5) is 11.4 Å². The van der Waals surface area contributed by atoms with E-state index in [4.69, 9.17) is 0 Å². The van der Waals surface area contributed by atoms with Gasteiger partial charge in [0.1, 0.15) is 0 Å². The van der Waals surface area contributed by atoms with E-state index < -0.39 is 10.0 Å². The fourth-order valence-electron chi connectivity index (χ4n) is 2.70. The van der Waals surface area contributed by atoms with Crippen molar-refractivity contribution in [3.63, 3.8) is 0 Å². The van der Waals surface area contributed by atoms with Gasteiger partial charge in [0.05, 0.1) is 6.26 Å². The molecule has 0 aromatic heterocycles. The van der Waals surface area contributed by atoms with Crippen molar-refractivity contribution in [1.29, 1.82) is 0 Å². The average Bonchev–Trinajstić information content (AvgIpc) is 2.67. The van der Waals surface area contributed by atoms with Crippen LogP contribution in [0.1, 0.15) is 18.9 Å². The third-order valence-electron chi connectivity index (χ3n) is 4.05. The van der Waals surface area contributed by atoms with Crippen molar-refractivity contribution < 1.29 is 13.2 Å². The van der Waals surface area contributed by atoms with Crippen molar-refractivity contribution in [3.8, 4) is 0 Å². The first-order valence-corrected chi connectivity index (χ1v) is 11.1. The molecule has 0 atom stereocenters. The van der Waals surface area contributed by atoms with Crippen LogP contribution in [0.5, 0.6) is 0 Å². The molecule has 2 rings (SSSR count). The normalized spacial score (nSPS) is 11.4. The maximum Gasteiger partial charge on any atom is 0.244 e. The van der Waals surface area contributed by atoms with Gasteiger partial charge in [-0.1, -0.05) is 30.3 Å². The first-order valence-electron chi connectivity index (χ1n) is 9.21. The number of sulfonamides is 1. The predicted molar refractivity (Wildman–Crippen MR) is 116 cm³/mol. The lowest BCUT2D eigenvalue weighted by atomic mass is 10.2. The Labute approximate surface area is 167 Å². The Kier molecular flexibility index (Phi) is 8.07. The van der Waals surface area contributed by atoms with Crippen molar-refractivity contribution in [1.82, 2.24) is 5.32 Å². The molecule has 7 heteroatoms. The summed E-state index contributed by atoms with van der Waals surface area (Å²) in [5.41, 5.74) is 2.49. The van der Waals surface area contributed by atoms with Gasteiger partial charge in [0.2, 0.25) is 15.9 Å². The fraction of sp³-hybridized carbons (Fsp3) is 0.286. The summed E-state index contributed by atoms with van der Waals surface area (Å²) in [6.07, 6.45) is 5.13. The number of hydrogen-bond acceptors (Lipinski definition) is 4. The minimum Gasteiger partial charge on any atom is -0.372 e. The summed E-state index contributed by atoms with van der Waals surface area (Å²) in [6.45, 7) is 4.51. The van der Waals surface area contributed by atoms with Crippen LogP contribution in [0.25, 0.3) is 6.08 Å². The molecule has 0 aliphatic heterocycles. The number of nitrogens with zero attached hydrogens (tertiary/aromatic N) is 1. The van der Waals surface area contributed by atoms with E-state index in [1.165, 1.54) is 11.8 Å². The molecule has 0 saturated heterocycles. The van der Waals surface area contributed by atoms with Crippen LogP contribution < -0.4 is 14.9 Å². The molecular formula is C21H27N3O3S. The van der Waals surface area contributed by atoms with Crippen LogP contribution in [0.2, 0.25) is 0 Å². The Hall–Kier alpha value is -2.80. The summed E-state index contributed by atoms with van der Waals surface area (Å²) in [4.78, 5) is 14.2. The lowest BCUT2D eigenvalue weighted by Crippen LogP contribution is -2.29. The van der Waals surface area contributed by atoms with E-state index in [-0.39, 0.29) is 5.91 Å². The summed E-state index contributed by atoms with van der Waals surface area (Å²) < 4.78 is 24.8. The molecule has 150 valence electrons. The van der Waals surface area contributed by atoms with E-state index in [9.17, 15) is 13.2 Å². The number of anilines is 2. The highest BCUT2D eigenvalue weighted by atomic mass is 32.2. The zero-order valence-electron chi connectivity index (χ0n) is 16.3. The Morgan fingerprint density at radius 1 is 1.07 bits per heavy atom. The van der Waals surface area contributed by atoms with Gasteiger partial charge in [-0.05, 0) is 49.2 Å². The topological polar surface area (TPSA) is 78.5 Å². The molecule has 0 heterocycles. The molecule has 0 aliphatic carbocycles. The van der Waals surface area contributed by atoms with Gasteiger partial charge in [0.15, 0.2) is 0 Å². The van der Waals surface area contributed by atoms with E-state index in [0.29, 0.717) is 12.2 Å². The second-order valence-corrected chi connectivity index (χ2v) is 8.14. The lowest BCUT2D eigenvalue weighted by molar-refractivity contribution is -0.116. The smallest absolute Gasteiger partial charge is 0.244 e. The maximum absolute atomic E-state index is 12.0. The first-order chi connectivity index (χ1) is 13.4. The Morgan fingerprint density at radius 3 is 2.36 bits per heavy atom. The first kappa shape index (κ1) is 21.5. The van der Waals surface area contributed by atoms with Gasteiger partial charge < -0.3 is 10.2 Å². The number of rotatable bonds is 10. The van der Waals surface area contributed by atoms with Gasteiger partial charge in [-0.25, -0.2) is 8.42 Å². The standard InChI is InChI=1S/C21H27N3O3S/c1-3-24(20-8-5-4-6-9-20)17-7-16-22-21(25)15-12-18-10-13-19(14-11-18)23-28(2,26)27/h4-6,8-15,23H,3,7,16-17H2,1-2H3,(H,22,25)/b15-12+. The van der Waals surface area contributed by atoms with E-state index >= 15 is 0 Å². The molecule has 2 N–H and O–H groups in total. The highest BCUT2D eigenvalue weighted by Crippen LogP contribution is 2.13. The maximum atomic E-state index is 12.0. The lowest BCUT2D eigenvalue weighted by Gasteiger charge is -2.23. The Balaban J connectivity index is 1.74. The van der Waals surface area contributed by atoms with Crippen LogP contribution in [0.3, 0.4) is 0 Å². The summed E-state index contributed by atoms with van der Waals surface area (Å²) in [5, 5.41) is 2.88. The SMILES string of the molecule is CCN(CCCNC(=O)/C=C/c1ccc(NS(C)(=O)=O)cc1)c1ccccc1. The molecule has 0 bridgehead atoms. The Bertz CT molecular complexity index is 879. The summed E-state index contributed by atoms with van der Waals surface area (Å²) in [6, 6.07) is 17.0. The molecule has 0 radical (unpaired) electrons. The highest BCUT2D eigenvalue weighted by molar-refractivity contribution is 7.92. The quantitative estimate of drug-likeness (QED) is 0.474. The van der Waals surface area contributed by atoms with Gasteiger partial charge in [-0.3, -0.25) is 9.52 Å². The number of nitrogens with one attached hydrogen (secondary N) is 2. The van der Waals surface area contributed by atoms with Crippen LogP contribution in [-0.4, -0.2) is 40.2 Å². The van der Waals surface area contributed by atoms with Crippen LogP contribution in [0.15, 0.2) is 60.7 Å². The molecule has 1 amide bonds. The van der Waals surface area contributed by atoms with Crippen molar-refractivity contribution in [2.24, 2.45) is 0 Å². The van der Waals surface area contributed by atoms with Crippen molar-refractivity contribution >= 4 is 33.4 Å². The molecule has 0 spiro atoms. The molecular weight excluding hydrogens is 374 g/mol. The van der Waals surface area contributed by atoms with E-state index in [1.807, 2.05) is 18.2 Å². The van der Waals surface area contributed by atoms with Crippen LogP contribution in [0, 0.1) is 0 Å². The number of carbonyl (C=O) groups excluding carboxylic acids is 1. The monoisotopic (exact) mass is 401 g/mol. The average molecular weight is 402 g/mol. The molecule has 28 heavy (non-hydrogen) atoms. The minimum absolute atomic E-state index is 0.152. The summed E-state index contributed by atoms with van der Waals surface area (Å²) in [5.74, 6) is -0.152. The van der Waals surface area contributed by atoms with E-state index in [2.05, 4.69) is 34.0 Å². The fourth-order valence-corrected chi connectivity index (χ4v) is 3.26. The molecule has 0 aliphatic rings. The zero-order valence-corrected chi connectivity index (χ0v) is 17.1. The third kappa shape index (κ3) is 7.84. The summed E-state index contributed by atoms with van der Waals surface area (Å²) in [7, 11) is -3.29. The molecule has 0 saturated carbocycles. The van der Waals surface area contributed by atoms with Crippen molar-refractivity contribution in [3.05, 3.63) is 66.2 Å². The van der Waals surface area contributed by atoms with Gasteiger partial charge in [-0.2, -0.15) is 0 Å². The highest BCUT2D eigenvalue weighted by Gasteiger charge is 2.04. The molecule has 0 unspecified atom stereocenters. The third-order valence-corrected chi connectivity index (χ3v) is 4.65. The van der Waals surface area contributed by atoms with Gasteiger partial charge in [0.25, 0.3) is 0 Å². The van der Waals surface area contributed by atoms with Crippen LogP contribution in [-0.2, 0) is 14.8 Å². The van der Waals surface area contributed by atoms with E-state index in [1.54, 1.807) is 30.3 Å². The van der Waals surface area contributed by atoms with Crippen molar-refractivity contribution in [2.45, 2.75) is 13.3 Å². The second-order valence-electron chi connectivity index (χ2n) is 6.39. The largest absolute Gasteiger partial charge is 0.372 e. The van der Waals surface area contributed by atoms with Gasteiger partial charge in [-0.15, -0.1) is 0 Å². The number of benzene rings is 2. The second kappa shape index (κ2) is 10.5. The predicted octanol–water partition coefficient (Wildman–Crippen LogP) is 3.10. The molecule has 2 aromatic carbocycles. The van der Waals surface area contributed by atoms with Gasteiger partial charge >= 0.3 is 0 Å². The molecule has 2 aromatic rings. The molecule has 6 nitrogen and oxygen atoms in total. The summed E-state index contributed by atoms with van der Waals surface area (Å²) >= 11 is 0. The number of amides is 1. The van der Waals surface area contributed by atoms with Crippen molar-refractivity contribution in [2.75, 3.05) is 35.5 Å². The number of para-hydroxylation sites is 1. The van der Waals surface area contributed by atoms with E-state index in [0.717, 1.165) is 31.3 Å².